The first-order valence-electron chi connectivity index (χ1n) is 9.07. The van der Waals surface area contributed by atoms with E-state index in [9.17, 15) is 18.4 Å². The molecule has 3 rings (SSSR count). The standard InChI is InChI=1S/C20H19F2N5O3/c1-30-20(29)8-9-26(12-15-4-7-17(21)18(22)10-15)19(28)11-14-2-5-16(6-3-14)27-13-23-24-25-27/h2-7,10,13H,8-9,11-12H2,1H3. The molecule has 2 aromatic carbocycles. The molecule has 0 bridgehead atoms. The molecule has 0 saturated carbocycles. The molecule has 1 aromatic heterocycles. The van der Waals surface area contributed by atoms with E-state index in [1.807, 2.05) is 0 Å². The highest BCUT2D eigenvalue weighted by Gasteiger charge is 2.17. The van der Waals surface area contributed by atoms with Gasteiger partial charge >= 0.3 is 5.97 Å². The van der Waals surface area contributed by atoms with Gasteiger partial charge in [0.25, 0.3) is 0 Å². The van der Waals surface area contributed by atoms with Crippen LogP contribution in [-0.4, -0.2) is 50.6 Å². The Morgan fingerprint density at radius 2 is 1.80 bits per heavy atom. The van der Waals surface area contributed by atoms with Crippen LogP contribution < -0.4 is 0 Å². The van der Waals surface area contributed by atoms with Gasteiger partial charge in [0.2, 0.25) is 5.91 Å². The molecule has 0 aliphatic carbocycles. The summed E-state index contributed by atoms with van der Waals surface area (Å²) in [7, 11) is 1.26. The zero-order chi connectivity index (χ0) is 21.5. The monoisotopic (exact) mass is 415 g/mol. The highest BCUT2D eigenvalue weighted by atomic mass is 19.2. The second-order valence-electron chi connectivity index (χ2n) is 6.49. The minimum absolute atomic E-state index is 0.00977. The van der Waals surface area contributed by atoms with Crippen molar-refractivity contribution in [3.05, 3.63) is 71.6 Å². The zero-order valence-corrected chi connectivity index (χ0v) is 16.2. The van der Waals surface area contributed by atoms with Gasteiger partial charge in [-0.25, -0.2) is 13.5 Å². The molecule has 30 heavy (non-hydrogen) atoms. The van der Waals surface area contributed by atoms with Crippen molar-refractivity contribution in [2.24, 2.45) is 0 Å². The number of hydrogen-bond acceptors (Lipinski definition) is 6. The first-order chi connectivity index (χ1) is 14.5. The molecule has 0 aliphatic rings. The minimum atomic E-state index is -0.994. The van der Waals surface area contributed by atoms with Gasteiger partial charge in [-0.3, -0.25) is 9.59 Å². The number of carbonyl (C=O) groups excluding carboxylic acids is 2. The maximum absolute atomic E-state index is 13.5. The lowest BCUT2D eigenvalue weighted by atomic mass is 10.1. The van der Waals surface area contributed by atoms with Crippen molar-refractivity contribution >= 4 is 11.9 Å². The summed E-state index contributed by atoms with van der Waals surface area (Å²) in [5, 5.41) is 10.9. The van der Waals surface area contributed by atoms with Crippen molar-refractivity contribution in [1.82, 2.24) is 25.1 Å². The molecule has 1 heterocycles. The van der Waals surface area contributed by atoms with E-state index in [1.54, 1.807) is 24.3 Å². The molecule has 0 N–H and O–H groups in total. The van der Waals surface area contributed by atoms with E-state index < -0.39 is 17.6 Å². The van der Waals surface area contributed by atoms with Gasteiger partial charge in [-0.1, -0.05) is 18.2 Å². The van der Waals surface area contributed by atoms with Crippen LogP contribution in [0.25, 0.3) is 5.69 Å². The van der Waals surface area contributed by atoms with Crippen molar-refractivity contribution in [3.8, 4) is 5.69 Å². The van der Waals surface area contributed by atoms with Crippen LogP contribution in [0.1, 0.15) is 17.5 Å². The molecule has 0 spiro atoms. The van der Waals surface area contributed by atoms with Gasteiger partial charge in [0.1, 0.15) is 6.33 Å². The molecule has 0 atom stereocenters. The van der Waals surface area contributed by atoms with E-state index in [2.05, 4.69) is 20.3 Å². The van der Waals surface area contributed by atoms with Gasteiger partial charge in [-0.15, -0.1) is 5.10 Å². The number of benzene rings is 2. The zero-order valence-electron chi connectivity index (χ0n) is 16.2. The van der Waals surface area contributed by atoms with Crippen molar-refractivity contribution in [2.45, 2.75) is 19.4 Å². The molecule has 1 amide bonds. The maximum Gasteiger partial charge on any atom is 0.307 e. The molecule has 0 fully saturated rings. The Morgan fingerprint density at radius 3 is 2.43 bits per heavy atom. The predicted molar refractivity (Wildman–Crippen MR) is 101 cm³/mol. The number of esters is 1. The lowest BCUT2D eigenvalue weighted by Crippen LogP contribution is -2.34. The third-order valence-corrected chi connectivity index (χ3v) is 4.43. The number of rotatable bonds is 8. The lowest BCUT2D eigenvalue weighted by molar-refractivity contribution is -0.141. The topological polar surface area (TPSA) is 90.2 Å². The normalized spacial score (nSPS) is 10.6. The highest BCUT2D eigenvalue weighted by Crippen LogP contribution is 2.14. The van der Waals surface area contributed by atoms with Crippen LogP contribution in [0, 0.1) is 11.6 Å². The summed E-state index contributed by atoms with van der Waals surface area (Å²) in [6, 6.07) is 10.5. The number of halogens is 2. The molecule has 10 heteroatoms. The van der Waals surface area contributed by atoms with Gasteiger partial charge in [0, 0.05) is 13.1 Å². The molecule has 156 valence electrons. The molecule has 0 radical (unpaired) electrons. The summed E-state index contributed by atoms with van der Waals surface area (Å²) < 4.78 is 32.8. The summed E-state index contributed by atoms with van der Waals surface area (Å²) in [5.74, 6) is -2.69. The summed E-state index contributed by atoms with van der Waals surface area (Å²) in [4.78, 5) is 25.8. The largest absolute Gasteiger partial charge is 0.469 e. The second-order valence-corrected chi connectivity index (χ2v) is 6.49. The Hall–Kier alpha value is -3.69. The van der Waals surface area contributed by atoms with Crippen LogP contribution in [-0.2, 0) is 27.3 Å². The Morgan fingerprint density at radius 1 is 1.07 bits per heavy atom. The SMILES string of the molecule is COC(=O)CCN(Cc1ccc(F)c(F)c1)C(=O)Cc1ccc(-n2cnnn2)cc1. The van der Waals surface area contributed by atoms with E-state index >= 15 is 0 Å². The summed E-state index contributed by atoms with van der Waals surface area (Å²) in [6.45, 7) is 0.128. The number of carbonyl (C=O) groups is 2. The number of aromatic nitrogens is 4. The molecule has 3 aromatic rings. The van der Waals surface area contributed by atoms with Crippen molar-refractivity contribution in [3.63, 3.8) is 0 Å². The van der Waals surface area contributed by atoms with E-state index in [1.165, 1.54) is 29.1 Å². The Kier molecular flexibility index (Phi) is 6.79. The number of ether oxygens (including phenoxy) is 1. The van der Waals surface area contributed by atoms with Crippen LogP contribution in [0.5, 0.6) is 0 Å². The van der Waals surface area contributed by atoms with Crippen LogP contribution in [0.3, 0.4) is 0 Å². The summed E-state index contributed by atoms with van der Waals surface area (Å²) in [5.41, 5.74) is 1.90. The third-order valence-electron chi connectivity index (χ3n) is 4.43. The Balaban J connectivity index is 1.71. The van der Waals surface area contributed by atoms with E-state index in [4.69, 9.17) is 0 Å². The first-order valence-corrected chi connectivity index (χ1v) is 9.07. The van der Waals surface area contributed by atoms with Crippen LogP contribution >= 0.6 is 0 Å². The van der Waals surface area contributed by atoms with Crippen LogP contribution in [0.4, 0.5) is 8.78 Å². The highest BCUT2D eigenvalue weighted by molar-refractivity contribution is 5.79. The molecule has 0 saturated heterocycles. The van der Waals surface area contributed by atoms with Gasteiger partial charge in [0.15, 0.2) is 11.6 Å². The average molecular weight is 415 g/mol. The minimum Gasteiger partial charge on any atom is -0.469 e. The van der Waals surface area contributed by atoms with E-state index in [-0.39, 0.29) is 31.8 Å². The van der Waals surface area contributed by atoms with Crippen molar-refractivity contribution < 1.29 is 23.1 Å². The smallest absolute Gasteiger partial charge is 0.307 e. The van der Waals surface area contributed by atoms with Gasteiger partial charge in [-0.2, -0.15) is 0 Å². The predicted octanol–water partition coefficient (Wildman–Crippen LogP) is 2.07. The molecule has 8 nitrogen and oxygen atoms in total. The Labute approximate surface area is 171 Å². The number of amides is 1. The summed E-state index contributed by atoms with van der Waals surface area (Å²) >= 11 is 0. The maximum atomic E-state index is 13.5. The summed E-state index contributed by atoms with van der Waals surface area (Å²) in [6.07, 6.45) is 1.52. The number of methoxy groups -OCH3 is 1. The fraction of sp³-hybridized carbons (Fsp3) is 0.250. The molecule has 0 unspecified atom stereocenters. The fourth-order valence-corrected chi connectivity index (χ4v) is 2.81. The lowest BCUT2D eigenvalue weighted by Gasteiger charge is -2.23. The van der Waals surface area contributed by atoms with Crippen molar-refractivity contribution in [2.75, 3.05) is 13.7 Å². The first kappa shape index (κ1) is 21.0. The Bertz CT molecular complexity index is 1010. The van der Waals surface area contributed by atoms with Crippen molar-refractivity contribution in [1.29, 1.82) is 0 Å². The van der Waals surface area contributed by atoms with Gasteiger partial charge in [-0.05, 0) is 45.8 Å². The fourth-order valence-electron chi connectivity index (χ4n) is 2.81. The molecular formula is C20H19F2N5O3. The van der Waals surface area contributed by atoms with Crippen LogP contribution in [0.15, 0.2) is 48.8 Å². The number of hydrogen-bond donors (Lipinski definition) is 0. The van der Waals surface area contributed by atoms with E-state index in [0.29, 0.717) is 5.56 Å². The third kappa shape index (κ3) is 5.43. The van der Waals surface area contributed by atoms with Gasteiger partial charge < -0.3 is 9.64 Å². The average Bonchev–Trinajstić information content (AvgIpc) is 3.28. The van der Waals surface area contributed by atoms with E-state index in [0.717, 1.165) is 23.4 Å². The van der Waals surface area contributed by atoms with Gasteiger partial charge in [0.05, 0.1) is 25.6 Å². The number of tetrazole rings is 1. The second kappa shape index (κ2) is 9.68. The number of nitrogens with zero attached hydrogens (tertiary/aromatic N) is 5. The quantitative estimate of drug-likeness (QED) is 0.523. The molecular weight excluding hydrogens is 396 g/mol. The van der Waals surface area contributed by atoms with Crippen LogP contribution in [0.2, 0.25) is 0 Å². The molecule has 0 aliphatic heterocycles.